The number of carbonyl (C=O) groups excluding carboxylic acids is 1. The fourth-order valence-electron chi connectivity index (χ4n) is 0.799. The number of aryl methyl sites for hydroxylation is 1. The first-order valence-electron chi connectivity index (χ1n) is 3.51. The van der Waals surface area contributed by atoms with Crippen LogP contribution in [0.3, 0.4) is 0 Å². The first-order valence-corrected chi connectivity index (χ1v) is 3.85. The summed E-state index contributed by atoms with van der Waals surface area (Å²) < 4.78 is 0.993. The van der Waals surface area contributed by atoms with Crippen LogP contribution in [-0.4, -0.2) is 10.9 Å². The largest absolute Gasteiger partial charge is 0.273 e. The van der Waals surface area contributed by atoms with Crippen molar-refractivity contribution in [2.45, 2.75) is 13.8 Å². The number of pyridine rings is 1. The molecule has 0 saturated carbocycles. The third-order valence-corrected chi connectivity index (χ3v) is 1.76. The highest BCUT2D eigenvalue weighted by molar-refractivity contribution is 6.35. The zero-order valence-corrected chi connectivity index (χ0v) is 7.67. The maximum Gasteiger partial charge on any atom is 0.239 e. The van der Waals surface area contributed by atoms with Gasteiger partial charge in [-0.05, 0) is 19.1 Å². The summed E-state index contributed by atoms with van der Waals surface area (Å²) in [4.78, 5) is 14.9. The number of nitrogens with zero attached hydrogens (tertiary/aromatic N) is 2. The second-order valence-electron chi connectivity index (χ2n) is 2.44. The van der Waals surface area contributed by atoms with Crippen molar-refractivity contribution in [2.75, 3.05) is 4.42 Å². The van der Waals surface area contributed by atoms with E-state index in [1.54, 1.807) is 12.1 Å². The van der Waals surface area contributed by atoms with Gasteiger partial charge in [0.25, 0.3) is 0 Å². The van der Waals surface area contributed by atoms with Crippen LogP contribution in [0.15, 0.2) is 18.2 Å². The third kappa shape index (κ3) is 1.95. The fraction of sp³-hybridized carbons (Fsp3) is 0.250. The van der Waals surface area contributed by atoms with Gasteiger partial charge in [0, 0.05) is 24.4 Å². The van der Waals surface area contributed by atoms with Gasteiger partial charge in [0.05, 0.1) is 0 Å². The molecule has 64 valence electrons. The Morgan fingerprint density at radius 2 is 2.25 bits per heavy atom. The highest BCUT2D eigenvalue weighted by Crippen LogP contribution is 2.13. The normalized spacial score (nSPS) is 9.58. The van der Waals surface area contributed by atoms with Gasteiger partial charge < -0.3 is 0 Å². The zero-order valence-electron chi connectivity index (χ0n) is 6.91. The number of amides is 1. The van der Waals surface area contributed by atoms with E-state index in [9.17, 15) is 4.79 Å². The molecule has 1 aromatic heterocycles. The lowest BCUT2D eigenvalue weighted by atomic mass is 10.4. The molecule has 12 heavy (non-hydrogen) atoms. The molecule has 0 atom stereocenters. The Kier molecular flexibility index (Phi) is 2.65. The molecular weight excluding hydrogens is 176 g/mol. The number of carbonyl (C=O) groups is 1. The minimum Gasteiger partial charge on any atom is -0.273 e. The minimum absolute atomic E-state index is 0.241. The predicted octanol–water partition coefficient (Wildman–Crippen LogP) is 1.90. The van der Waals surface area contributed by atoms with Crippen molar-refractivity contribution in [3.8, 4) is 0 Å². The molecule has 0 spiro atoms. The smallest absolute Gasteiger partial charge is 0.239 e. The van der Waals surface area contributed by atoms with Crippen LogP contribution in [0.25, 0.3) is 0 Å². The highest BCUT2D eigenvalue weighted by Gasteiger charge is 2.08. The molecule has 1 rings (SSSR count). The average Bonchev–Trinajstić information content (AvgIpc) is 2.03. The SMILES string of the molecule is CC(=O)N(Cl)c1cccc(C)n1. The summed E-state index contributed by atoms with van der Waals surface area (Å²) in [6, 6.07) is 5.33. The van der Waals surface area contributed by atoms with Crippen molar-refractivity contribution in [2.24, 2.45) is 0 Å². The third-order valence-electron chi connectivity index (χ3n) is 1.35. The lowest BCUT2D eigenvalue weighted by Gasteiger charge is -2.09. The molecule has 0 saturated heterocycles. The molecule has 0 unspecified atom stereocenters. The van der Waals surface area contributed by atoms with E-state index in [1.165, 1.54) is 6.92 Å². The number of anilines is 1. The Bertz CT molecular complexity index is 301. The van der Waals surface area contributed by atoms with Gasteiger partial charge in [-0.3, -0.25) is 4.79 Å². The second-order valence-corrected chi connectivity index (χ2v) is 2.78. The summed E-state index contributed by atoms with van der Waals surface area (Å²) in [5.74, 6) is 0.221. The van der Waals surface area contributed by atoms with Crippen LogP contribution in [0, 0.1) is 6.92 Å². The monoisotopic (exact) mass is 184 g/mol. The fourth-order valence-corrected chi connectivity index (χ4v) is 0.893. The van der Waals surface area contributed by atoms with E-state index in [2.05, 4.69) is 4.98 Å². The predicted molar refractivity (Wildman–Crippen MR) is 48.0 cm³/mol. The summed E-state index contributed by atoms with van der Waals surface area (Å²) >= 11 is 5.63. The number of hydrogen-bond acceptors (Lipinski definition) is 2. The molecule has 0 aliphatic rings. The van der Waals surface area contributed by atoms with Crippen LogP contribution < -0.4 is 4.42 Å². The van der Waals surface area contributed by atoms with Gasteiger partial charge in [-0.25, -0.2) is 9.40 Å². The second kappa shape index (κ2) is 3.54. The van der Waals surface area contributed by atoms with Crippen molar-refractivity contribution in [1.82, 2.24) is 4.98 Å². The molecule has 0 aliphatic heterocycles. The van der Waals surface area contributed by atoms with E-state index in [0.29, 0.717) is 5.82 Å². The highest BCUT2D eigenvalue weighted by atomic mass is 35.5. The Morgan fingerprint density at radius 3 is 2.75 bits per heavy atom. The topological polar surface area (TPSA) is 33.2 Å². The Balaban J connectivity index is 2.95. The molecule has 1 amide bonds. The van der Waals surface area contributed by atoms with Crippen LogP contribution in [0.4, 0.5) is 5.82 Å². The van der Waals surface area contributed by atoms with Crippen molar-refractivity contribution in [3.63, 3.8) is 0 Å². The van der Waals surface area contributed by atoms with E-state index in [1.807, 2.05) is 13.0 Å². The lowest BCUT2D eigenvalue weighted by molar-refractivity contribution is -0.115. The standard InChI is InChI=1S/C8H9ClN2O/c1-6-4-3-5-8(10-6)11(9)7(2)12/h3-5H,1-2H3. The van der Waals surface area contributed by atoms with E-state index < -0.39 is 0 Å². The molecule has 0 N–H and O–H groups in total. The van der Waals surface area contributed by atoms with Crippen molar-refractivity contribution >= 4 is 23.5 Å². The lowest BCUT2D eigenvalue weighted by Crippen LogP contribution is -2.17. The molecular formula is C8H9ClN2O. The van der Waals surface area contributed by atoms with Crippen LogP contribution in [0.2, 0.25) is 0 Å². The van der Waals surface area contributed by atoms with Crippen molar-refractivity contribution in [1.29, 1.82) is 0 Å². The first-order chi connectivity index (χ1) is 5.61. The number of hydrogen-bond donors (Lipinski definition) is 0. The van der Waals surface area contributed by atoms with E-state index in [-0.39, 0.29) is 5.91 Å². The average molecular weight is 185 g/mol. The van der Waals surface area contributed by atoms with E-state index in [4.69, 9.17) is 11.8 Å². The van der Waals surface area contributed by atoms with E-state index >= 15 is 0 Å². The number of halogens is 1. The first kappa shape index (κ1) is 9.00. The number of rotatable bonds is 1. The van der Waals surface area contributed by atoms with Crippen LogP contribution in [-0.2, 0) is 4.79 Å². The van der Waals surface area contributed by atoms with Gasteiger partial charge in [0.2, 0.25) is 5.91 Å². The molecule has 0 bridgehead atoms. The molecule has 4 heteroatoms. The molecule has 1 heterocycles. The molecule has 0 aliphatic carbocycles. The summed E-state index contributed by atoms with van der Waals surface area (Å²) in [5.41, 5.74) is 0.833. The van der Waals surface area contributed by atoms with Gasteiger partial charge in [-0.2, -0.15) is 0 Å². The van der Waals surface area contributed by atoms with Gasteiger partial charge in [0.15, 0.2) is 5.82 Å². The maximum atomic E-state index is 10.8. The molecule has 0 fully saturated rings. The Hall–Kier alpha value is -1.09. The van der Waals surface area contributed by atoms with Crippen LogP contribution in [0.5, 0.6) is 0 Å². The Morgan fingerprint density at radius 1 is 1.58 bits per heavy atom. The molecule has 0 aromatic carbocycles. The zero-order chi connectivity index (χ0) is 9.14. The molecule has 3 nitrogen and oxygen atoms in total. The molecule has 0 radical (unpaired) electrons. The molecule has 1 aromatic rings. The van der Waals surface area contributed by atoms with Gasteiger partial charge >= 0.3 is 0 Å². The van der Waals surface area contributed by atoms with Crippen molar-refractivity contribution in [3.05, 3.63) is 23.9 Å². The summed E-state index contributed by atoms with van der Waals surface area (Å²) in [7, 11) is 0. The van der Waals surface area contributed by atoms with Crippen molar-refractivity contribution < 1.29 is 4.79 Å². The summed E-state index contributed by atoms with van der Waals surface area (Å²) in [6.07, 6.45) is 0. The summed E-state index contributed by atoms with van der Waals surface area (Å²) in [5, 5.41) is 0. The Labute approximate surface area is 76.1 Å². The van der Waals surface area contributed by atoms with Gasteiger partial charge in [0.1, 0.15) is 0 Å². The van der Waals surface area contributed by atoms with Gasteiger partial charge in [-0.1, -0.05) is 6.07 Å². The van der Waals surface area contributed by atoms with Crippen LogP contribution in [0.1, 0.15) is 12.6 Å². The van der Waals surface area contributed by atoms with E-state index in [0.717, 1.165) is 10.1 Å². The minimum atomic E-state index is -0.241. The maximum absolute atomic E-state index is 10.8. The number of aromatic nitrogens is 1. The van der Waals surface area contributed by atoms with Gasteiger partial charge in [-0.15, -0.1) is 0 Å². The quantitative estimate of drug-likeness (QED) is 0.625. The summed E-state index contributed by atoms with van der Waals surface area (Å²) in [6.45, 7) is 3.23. The van der Waals surface area contributed by atoms with Crippen LogP contribution >= 0.6 is 11.8 Å².